The van der Waals surface area contributed by atoms with Crippen LogP contribution in [0.2, 0.25) is 0 Å². The summed E-state index contributed by atoms with van der Waals surface area (Å²) in [5, 5.41) is 12.9. The Morgan fingerprint density at radius 3 is 2.41 bits per heavy atom. The molecule has 1 aromatic carbocycles. The first-order chi connectivity index (χ1) is 8.02. The zero-order valence-electron chi connectivity index (χ0n) is 10.9. The van der Waals surface area contributed by atoms with Crippen LogP contribution in [-0.2, 0) is 4.79 Å². The second-order valence-corrected chi connectivity index (χ2v) is 4.51. The van der Waals surface area contributed by atoms with Crippen molar-refractivity contribution in [1.82, 2.24) is 5.32 Å². The maximum atomic E-state index is 11.8. The van der Waals surface area contributed by atoms with Crippen molar-refractivity contribution in [2.24, 2.45) is 0 Å². The largest absolute Gasteiger partial charge is 0.507 e. The molecule has 0 radical (unpaired) electrons. The Bertz CT molecular complexity index is 399. The van der Waals surface area contributed by atoms with E-state index in [1.807, 2.05) is 39.0 Å². The molecule has 0 fully saturated rings. The summed E-state index contributed by atoms with van der Waals surface area (Å²) in [7, 11) is 1.62. The second-order valence-electron chi connectivity index (χ2n) is 4.51. The van der Waals surface area contributed by atoms with Crippen LogP contribution >= 0.6 is 0 Å². The fraction of sp³-hybridized carbons (Fsp3) is 0.500. The van der Waals surface area contributed by atoms with Gasteiger partial charge < -0.3 is 10.4 Å². The van der Waals surface area contributed by atoms with Crippen molar-refractivity contribution in [3.05, 3.63) is 29.3 Å². The molecule has 0 aliphatic carbocycles. The van der Waals surface area contributed by atoms with Gasteiger partial charge in [0.1, 0.15) is 5.75 Å². The molecule has 0 saturated carbocycles. The maximum absolute atomic E-state index is 11.8. The number of hydrogen-bond acceptors (Lipinski definition) is 2. The molecule has 1 rings (SSSR count). The monoisotopic (exact) mass is 235 g/mol. The Morgan fingerprint density at radius 2 is 1.94 bits per heavy atom. The summed E-state index contributed by atoms with van der Waals surface area (Å²) in [6.45, 7) is 6.00. The van der Waals surface area contributed by atoms with E-state index in [1.165, 1.54) is 0 Å². The van der Waals surface area contributed by atoms with Crippen LogP contribution in [0.4, 0.5) is 0 Å². The number of aromatic hydroxyl groups is 1. The quantitative estimate of drug-likeness (QED) is 0.843. The SMILES string of the molecule is CCC(C(=O)NC)c1cccc(C(C)C)c1O. The number of carbonyl (C=O) groups excluding carboxylic acids is 1. The fourth-order valence-electron chi connectivity index (χ4n) is 2.05. The first-order valence-electron chi connectivity index (χ1n) is 6.06. The van der Waals surface area contributed by atoms with Gasteiger partial charge in [0.05, 0.1) is 5.92 Å². The van der Waals surface area contributed by atoms with Gasteiger partial charge in [0.2, 0.25) is 5.91 Å². The highest BCUT2D eigenvalue weighted by Crippen LogP contribution is 2.34. The number of nitrogens with one attached hydrogen (secondary N) is 1. The highest BCUT2D eigenvalue weighted by Gasteiger charge is 2.22. The fourth-order valence-corrected chi connectivity index (χ4v) is 2.05. The van der Waals surface area contributed by atoms with Gasteiger partial charge in [-0.25, -0.2) is 0 Å². The molecule has 3 heteroatoms. The van der Waals surface area contributed by atoms with Crippen molar-refractivity contribution in [3.8, 4) is 5.75 Å². The van der Waals surface area contributed by atoms with Gasteiger partial charge in [-0.1, -0.05) is 39.0 Å². The number of rotatable bonds is 4. The maximum Gasteiger partial charge on any atom is 0.227 e. The van der Waals surface area contributed by atoms with Crippen LogP contribution in [0.15, 0.2) is 18.2 Å². The Balaban J connectivity index is 3.21. The molecule has 94 valence electrons. The summed E-state index contributed by atoms with van der Waals surface area (Å²) >= 11 is 0. The van der Waals surface area contributed by atoms with Crippen molar-refractivity contribution in [2.75, 3.05) is 7.05 Å². The Kier molecular flexibility index (Phi) is 4.55. The summed E-state index contributed by atoms with van der Waals surface area (Å²) in [4.78, 5) is 11.8. The zero-order chi connectivity index (χ0) is 13.0. The van der Waals surface area contributed by atoms with E-state index in [4.69, 9.17) is 0 Å². The lowest BCUT2D eigenvalue weighted by Crippen LogP contribution is -2.25. The number of phenols is 1. The molecule has 0 bridgehead atoms. The summed E-state index contributed by atoms with van der Waals surface area (Å²) in [6, 6.07) is 5.63. The van der Waals surface area contributed by atoms with E-state index < -0.39 is 0 Å². The van der Waals surface area contributed by atoms with E-state index in [0.717, 1.165) is 11.1 Å². The summed E-state index contributed by atoms with van der Waals surface area (Å²) in [5.74, 6) is 0.178. The summed E-state index contributed by atoms with van der Waals surface area (Å²) < 4.78 is 0. The molecule has 0 aliphatic heterocycles. The minimum Gasteiger partial charge on any atom is -0.507 e. The van der Waals surface area contributed by atoms with Gasteiger partial charge >= 0.3 is 0 Å². The molecular formula is C14H21NO2. The minimum absolute atomic E-state index is 0.0521. The van der Waals surface area contributed by atoms with Crippen LogP contribution in [0, 0.1) is 0 Å². The average Bonchev–Trinajstić information content (AvgIpc) is 2.31. The van der Waals surface area contributed by atoms with Crippen molar-refractivity contribution in [3.63, 3.8) is 0 Å². The second kappa shape index (κ2) is 5.71. The molecule has 0 spiro atoms. The van der Waals surface area contributed by atoms with Gasteiger partial charge in [0, 0.05) is 12.6 Å². The molecule has 0 heterocycles. The molecule has 1 amide bonds. The third kappa shape index (κ3) is 2.78. The van der Waals surface area contributed by atoms with Gasteiger partial charge in [-0.05, 0) is 17.9 Å². The third-order valence-electron chi connectivity index (χ3n) is 3.07. The third-order valence-corrected chi connectivity index (χ3v) is 3.07. The molecule has 1 unspecified atom stereocenters. The van der Waals surface area contributed by atoms with E-state index in [-0.39, 0.29) is 23.5 Å². The standard InChI is InChI=1S/C14H21NO2/c1-5-10(14(17)15-4)12-8-6-7-11(9(2)3)13(12)16/h6-10,16H,5H2,1-4H3,(H,15,17). The number of benzene rings is 1. The minimum atomic E-state index is -0.279. The number of hydrogen-bond donors (Lipinski definition) is 2. The molecule has 3 nitrogen and oxygen atoms in total. The highest BCUT2D eigenvalue weighted by atomic mass is 16.3. The van der Waals surface area contributed by atoms with E-state index in [1.54, 1.807) is 7.05 Å². The molecule has 17 heavy (non-hydrogen) atoms. The summed E-state index contributed by atoms with van der Waals surface area (Å²) in [6.07, 6.45) is 0.675. The smallest absolute Gasteiger partial charge is 0.227 e. The normalized spacial score (nSPS) is 12.5. The lowest BCUT2D eigenvalue weighted by molar-refractivity contribution is -0.122. The van der Waals surface area contributed by atoms with E-state index in [9.17, 15) is 9.90 Å². The van der Waals surface area contributed by atoms with E-state index in [2.05, 4.69) is 5.32 Å². The first kappa shape index (κ1) is 13.6. The number of carbonyl (C=O) groups is 1. The average molecular weight is 235 g/mol. The van der Waals surface area contributed by atoms with Crippen molar-refractivity contribution < 1.29 is 9.90 Å². The predicted molar refractivity (Wildman–Crippen MR) is 69.3 cm³/mol. The van der Waals surface area contributed by atoms with Crippen molar-refractivity contribution in [2.45, 2.75) is 39.0 Å². The number of para-hydroxylation sites is 1. The van der Waals surface area contributed by atoms with Gasteiger partial charge in [-0.15, -0.1) is 0 Å². The predicted octanol–water partition coefficient (Wildman–Crippen LogP) is 2.76. The van der Waals surface area contributed by atoms with Crippen LogP contribution < -0.4 is 5.32 Å². The van der Waals surface area contributed by atoms with Crippen LogP contribution in [-0.4, -0.2) is 18.1 Å². The van der Waals surface area contributed by atoms with Crippen LogP contribution in [0.25, 0.3) is 0 Å². The molecular weight excluding hydrogens is 214 g/mol. The van der Waals surface area contributed by atoms with Gasteiger partial charge in [0.15, 0.2) is 0 Å². The lowest BCUT2D eigenvalue weighted by Gasteiger charge is -2.18. The number of likely N-dealkylation sites (N-methyl/N-ethyl adjacent to an activating group) is 1. The van der Waals surface area contributed by atoms with Crippen LogP contribution in [0.5, 0.6) is 5.75 Å². The molecule has 1 aromatic rings. The van der Waals surface area contributed by atoms with Gasteiger partial charge in [0.25, 0.3) is 0 Å². The number of phenolic OH excluding ortho intramolecular Hbond substituents is 1. The molecule has 1 atom stereocenters. The first-order valence-corrected chi connectivity index (χ1v) is 6.06. The lowest BCUT2D eigenvalue weighted by atomic mass is 9.90. The Morgan fingerprint density at radius 1 is 1.35 bits per heavy atom. The van der Waals surface area contributed by atoms with Gasteiger partial charge in [-0.3, -0.25) is 4.79 Å². The Hall–Kier alpha value is -1.51. The van der Waals surface area contributed by atoms with Crippen molar-refractivity contribution in [1.29, 1.82) is 0 Å². The molecule has 0 aliphatic rings. The van der Waals surface area contributed by atoms with Gasteiger partial charge in [-0.2, -0.15) is 0 Å². The zero-order valence-corrected chi connectivity index (χ0v) is 10.9. The highest BCUT2D eigenvalue weighted by molar-refractivity contribution is 5.84. The van der Waals surface area contributed by atoms with E-state index >= 15 is 0 Å². The van der Waals surface area contributed by atoms with Crippen LogP contribution in [0.1, 0.15) is 50.2 Å². The molecule has 0 aromatic heterocycles. The number of amides is 1. The summed E-state index contributed by atoms with van der Waals surface area (Å²) in [5.41, 5.74) is 1.61. The molecule has 0 saturated heterocycles. The van der Waals surface area contributed by atoms with Crippen LogP contribution in [0.3, 0.4) is 0 Å². The molecule has 2 N–H and O–H groups in total. The Labute approximate surface area is 103 Å². The van der Waals surface area contributed by atoms with Crippen molar-refractivity contribution >= 4 is 5.91 Å². The topological polar surface area (TPSA) is 49.3 Å². The van der Waals surface area contributed by atoms with E-state index in [0.29, 0.717) is 6.42 Å².